The third-order valence-electron chi connectivity index (χ3n) is 3.72. The second-order valence-electron chi connectivity index (χ2n) is 5.38. The lowest BCUT2D eigenvalue weighted by atomic mass is 10.1. The van der Waals surface area contributed by atoms with Crippen molar-refractivity contribution in [1.29, 1.82) is 0 Å². The standard InChI is InChI=1S/C12H18F3N3O2/c1-8-5-16-2-3-18(8)11(20)9-4-10(19)17(6-9)7-12(13,14)15/h8-9,16H,2-7H2,1H3. The highest BCUT2D eigenvalue weighted by molar-refractivity contribution is 5.89. The van der Waals surface area contributed by atoms with Crippen molar-refractivity contribution in [2.75, 3.05) is 32.7 Å². The van der Waals surface area contributed by atoms with E-state index in [-0.39, 0.29) is 24.9 Å². The molecule has 2 atom stereocenters. The van der Waals surface area contributed by atoms with Gasteiger partial charge in [0.15, 0.2) is 0 Å². The molecule has 2 heterocycles. The first kappa shape index (κ1) is 15.1. The number of halogens is 3. The number of piperazine rings is 1. The van der Waals surface area contributed by atoms with E-state index in [2.05, 4.69) is 5.32 Å². The van der Waals surface area contributed by atoms with Crippen LogP contribution in [0.1, 0.15) is 13.3 Å². The second kappa shape index (κ2) is 5.59. The highest BCUT2D eigenvalue weighted by Gasteiger charge is 2.42. The number of hydrogen-bond acceptors (Lipinski definition) is 3. The fourth-order valence-electron chi connectivity index (χ4n) is 2.71. The number of likely N-dealkylation sites (tertiary alicyclic amines) is 1. The first-order valence-electron chi connectivity index (χ1n) is 6.63. The maximum Gasteiger partial charge on any atom is 0.406 e. The number of carbonyl (C=O) groups is 2. The largest absolute Gasteiger partial charge is 0.406 e. The lowest BCUT2D eigenvalue weighted by Crippen LogP contribution is -2.54. The molecule has 5 nitrogen and oxygen atoms in total. The average molecular weight is 293 g/mol. The van der Waals surface area contributed by atoms with Gasteiger partial charge in [-0.25, -0.2) is 0 Å². The molecule has 2 rings (SSSR count). The predicted octanol–water partition coefficient (Wildman–Crippen LogP) is 0.217. The van der Waals surface area contributed by atoms with E-state index in [1.807, 2.05) is 6.92 Å². The summed E-state index contributed by atoms with van der Waals surface area (Å²) in [5, 5.41) is 3.14. The van der Waals surface area contributed by atoms with E-state index in [0.29, 0.717) is 19.6 Å². The fourth-order valence-corrected chi connectivity index (χ4v) is 2.71. The molecule has 20 heavy (non-hydrogen) atoms. The summed E-state index contributed by atoms with van der Waals surface area (Å²) in [6, 6.07) is 0.00279. The van der Waals surface area contributed by atoms with Gasteiger partial charge in [0, 0.05) is 38.6 Å². The summed E-state index contributed by atoms with van der Waals surface area (Å²) in [6.07, 6.45) is -4.54. The van der Waals surface area contributed by atoms with Gasteiger partial charge in [-0.15, -0.1) is 0 Å². The van der Waals surface area contributed by atoms with Crippen molar-refractivity contribution in [3.63, 3.8) is 0 Å². The molecule has 1 N–H and O–H groups in total. The molecule has 2 amide bonds. The summed E-state index contributed by atoms with van der Waals surface area (Å²) in [6.45, 7) is 2.35. The molecule has 0 radical (unpaired) electrons. The van der Waals surface area contributed by atoms with Crippen LogP contribution in [0.25, 0.3) is 0 Å². The number of alkyl halides is 3. The van der Waals surface area contributed by atoms with Crippen molar-refractivity contribution in [2.45, 2.75) is 25.6 Å². The van der Waals surface area contributed by atoms with Crippen molar-refractivity contribution in [2.24, 2.45) is 5.92 Å². The summed E-state index contributed by atoms with van der Waals surface area (Å²) in [5.41, 5.74) is 0. The first-order chi connectivity index (χ1) is 9.28. The van der Waals surface area contributed by atoms with Crippen molar-refractivity contribution in [3.05, 3.63) is 0 Å². The SMILES string of the molecule is CC1CNCCN1C(=O)C1CC(=O)N(CC(F)(F)F)C1. The van der Waals surface area contributed by atoms with E-state index in [1.165, 1.54) is 0 Å². The molecule has 0 saturated carbocycles. The Bertz CT molecular complexity index is 400. The van der Waals surface area contributed by atoms with Crippen LogP contribution in [0.3, 0.4) is 0 Å². The minimum absolute atomic E-state index is 0.00279. The van der Waals surface area contributed by atoms with Crippen molar-refractivity contribution in [1.82, 2.24) is 15.1 Å². The van der Waals surface area contributed by atoms with Crippen LogP contribution in [-0.2, 0) is 9.59 Å². The van der Waals surface area contributed by atoms with Crippen LogP contribution in [0.15, 0.2) is 0 Å². The highest BCUT2D eigenvalue weighted by atomic mass is 19.4. The van der Waals surface area contributed by atoms with Gasteiger partial charge in [0.1, 0.15) is 6.54 Å². The normalized spacial score (nSPS) is 28.1. The summed E-state index contributed by atoms with van der Waals surface area (Å²) in [5.74, 6) is -1.45. The van der Waals surface area contributed by atoms with Crippen LogP contribution in [0, 0.1) is 5.92 Å². The Morgan fingerprint density at radius 1 is 1.45 bits per heavy atom. The van der Waals surface area contributed by atoms with Crippen LogP contribution >= 0.6 is 0 Å². The molecule has 0 aromatic carbocycles. The van der Waals surface area contributed by atoms with E-state index in [0.717, 1.165) is 4.90 Å². The Labute approximate surface area is 115 Å². The molecule has 0 aromatic heterocycles. The molecule has 2 aliphatic rings. The molecular formula is C12H18F3N3O2. The lowest BCUT2D eigenvalue weighted by Gasteiger charge is -2.35. The third-order valence-corrected chi connectivity index (χ3v) is 3.72. The van der Waals surface area contributed by atoms with Crippen molar-refractivity contribution >= 4 is 11.8 Å². The van der Waals surface area contributed by atoms with Crippen molar-refractivity contribution < 1.29 is 22.8 Å². The number of carbonyl (C=O) groups excluding carboxylic acids is 2. The molecule has 2 unspecified atom stereocenters. The Balaban J connectivity index is 1.97. The average Bonchev–Trinajstić information content (AvgIpc) is 2.68. The van der Waals surface area contributed by atoms with Gasteiger partial charge < -0.3 is 15.1 Å². The molecule has 0 aromatic rings. The van der Waals surface area contributed by atoms with Crippen LogP contribution in [-0.4, -0.2) is 66.6 Å². The lowest BCUT2D eigenvalue weighted by molar-refractivity contribution is -0.157. The van der Waals surface area contributed by atoms with Gasteiger partial charge in [0.2, 0.25) is 11.8 Å². The van der Waals surface area contributed by atoms with E-state index < -0.39 is 24.5 Å². The summed E-state index contributed by atoms with van der Waals surface area (Å²) in [7, 11) is 0. The number of nitrogens with one attached hydrogen (secondary N) is 1. The Hall–Kier alpha value is -1.31. The Morgan fingerprint density at radius 2 is 2.15 bits per heavy atom. The number of rotatable bonds is 2. The van der Waals surface area contributed by atoms with E-state index >= 15 is 0 Å². The predicted molar refractivity (Wildman–Crippen MR) is 64.8 cm³/mol. The van der Waals surface area contributed by atoms with Crippen LogP contribution in [0.2, 0.25) is 0 Å². The minimum atomic E-state index is -4.42. The summed E-state index contributed by atoms with van der Waals surface area (Å²) < 4.78 is 37.0. The van der Waals surface area contributed by atoms with Gasteiger partial charge in [0.05, 0.1) is 5.92 Å². The topological polar surface area (TPSA) is 52.7 Å². The molecule has 114 valence electrons. The maximum atomic E-state index is 12.3. The second-order valence-corrected chi connectivity index (χ2v) is 5.38. The van der Waals surface area contributed by atoms with Crippen LogP contribution in [0.4, 0.5) is 13.2 Å². The number of nitrogens with zero attached hydrogens (tertiary/aromatic N) is 2. The minimum Gasteiger partial charge on any atom is -0.337 e. The molecule has 2 aliphatic heterocycles. The molecule has 2 saturated heterocycles. The number of hydrogen-bond donors (Lipinski definition) is 1. The zero-order valence-electron chi connectivity index (χ0n) is 11.2. The molecule has 2 fully saturated rings. The van der Waals surface area contributed by atoms with Gasteiger partial charge in [-0.2, -0.15) is 13.2 Å². The smallest absolute Gasteiger partial charge is 0.337 e. The van der Waals surface area contributed by atoms with Crippen LogP contribution < -0.4 is 5.32 Å². The van der Waals surface area contributed by atoms with E-state index in [1.54, 1.807) is 4.90 Å². The third kappa shape index (κ3) is 3.41. The zero-order chi connectivity index (χ0) is 14.9. The summed E-state index contributed by atoms with van der Waals surface area (Å²) >= 11 is 0. The Morgan fingerprint density at radius 3 is 2.75 bits per heavy atom. The molecule has 0 bridgehead atoms. The molecular weight excluding hydrogens is 275 g/mol. The van der Waals surface area contributed by atoms with Gasteiger partial charge in [-0.1, -0.05) is 0 Å². The summed E-state index contributed by atoms with van der Waals surface area (Å²) in [4.78, 5) is 26.3. The van der Waals surface area contributed by atoms with Crippen molar-refractivity contribution in [3.8, 4) is 0 Å². The monoisotopic (exact) mass is 293 g/mol. The highest BCUT2D eigenvalue weighted by Crippen LogP contribution is 2.25. The fraction of sp³-hybridized carbons (Fsp3) is 0.833. The molecule has 0 aliphatic carbocycles. The quantitative estimate of drug-likeness (QED) is 0.792. The maximum absolute atomic E-state index is 12.3. The molecule has 8 heteroatoms. The van der Waals surface area contributed by atoms with Gasteiger partial charge in [-0.3, -0.25) is 9.59 Å². The zero-order valence-corrected chi connectivity index (χ0v) is 11.2. The first-order valence-corrected chi connectivity index (χ1v) is 6.63. The van der Waals surface area contributed by atoms with Gasteiger partial charge in [-0.05, 0) is 6.92 Å². The molecule has 0 spiro atoms. The van der Waals surface area contributed by atoms with E-state index in [9.17, 15) is 22.8 Å². The van der Waals surface area contributed by atoms with Gasteiger partial charge in [0.25, 0.3) is 0 Å². The Kier molecular flexibility index (Phi) is 4.22. The van der Waals surface area contributed by atoms with Gasteiger partial charge >= 0.3 is 6.18 Å². The van der Waals surface area contributed by atoms with E-state index in [4.69, 9.17) is 0 Å². The van der Waals surface area contributed by atoms with Crippen LogP contribution in [0.5, 0.6) is 0 Å². The number of amides is 2.